The van der Waals surface area contributed by atoms with Gasteiger partial charge in [-0.3, -0.25) is 0 Å². The maximum atomic E-state index is 4.47. The molecule has 1 aliphatic carbocycles. The molecule has 0 aliphatic heterocycles. The molecule has 6 heterocycles. The maximum Gasteiger partial charge on any atom is 0.0545 e. The Balaban J connectivity index is 1.08. The zero-order valence-electron chi connectivity index (χ0n) is 82.9. The van der Waals surface area contributed by atoms with Crippen molar-refractivity contribution in [1.82, 2.24) is 29.9 Å². The number of fused-ring (bicyclic) bond motifs is 6. The van der Waals surface area contributed by atoms with Gasteiger partial charge in [0.1, 0.15) is 0 Å². The molecule has 0 unspecified atom stereocenters. The fourth-order valence-corrected chi connectivity index (χ4v) is 20.4. The first-order chi connectivity index (χ1) is 58.0. The fourth-order valence-electron chi connectivity index (χ4n) is 20.4. The van der Waals surface area contributed by atoms with E-state index in [1.165, 1.54) is 198 Å². The van der Waals surface area contributed by atoms with Crippen molar-refractivity contribution in [3.63, 3.8) is 0 Å². The van der Waals surface area contributed by atoms with Gasteiger partial charge in [0.25, 0.3) is 0 Å². The van der Waals surface area contributed by atoms with Crippen LogP contribution in [-0.2, 0) is 65.0 Å². The van der Waals surface area contributed by atoms with E-state index in [1.54, 1.807) is 0 Å². The molecule has 12 aromatic carbocycles. The van der Waals surface area contributed by atoms with Crippen molar-refractivity contribution in [3.05, 3.63) is 212 Å². The highest BCUT2D eigenvalue weighted by Crippen LogP contribution is 2.56. The van der Waals surface area contributed by atoms with Gasteiger partial charge in [-0.05, 0) is 277 Å². The summed E-state index contributed by atoms with van der Waals surface area (Å²) >= 11 is 0. The van der Waals surface area contributed by atoms with E-state index in [0.717, 1.165) is 66.2 Å². The number of benzene rings is 12. The normalized spacial score (nSPS) is 14.2. The topological polar surface area (TPSA) is 94.7 Å². The second kappa shape index (κ2) is 26.6. The van der Waals surface area contributed by atoms with Crippen molar-refractivity contribution in [1.29, 1.82) is 0 Å². The molecular formula is C120H138N6. The number of aromatic nitrogens is 6. The first-order valence-electron chi connectivity index (χ1n) is 46.9. The van der Waals surface area contributed by atoms with Crippen molar-refractivity contribution in [2.45, 2.75) is 314 Å². The van der Waals surface area contributed by atoms with Crippen LogP contribution in [0.3, 0.4) is 0 Å². The molecular weight excluding hydrogens is 1530 g/mol. The van der Waals surface area contributed by atoms with Crippen LogP contribution in [0.5, 0.6) is 0 Å². The smallest absolute Gasteiger partial charge is 0.0545 e. The first kappa shape index (κ1) is 84.9. The minimum atomic E-state index is -0.222. The van der Waals surface area contributed by atoms with E-state index in [9.17, 15) is 0 Å². The molecule has 6 N–H and O–H groups in total. The number of hydrogen-bond donors (Lipinski definition) is 6. The molecule has 648 valence electrons. The molecule has 0 atom stereocenters. The number of aromatic amines is 6. The number of rotatable bonds is 0. The van der Waals surface area contributed by atoms with Crippen LogP contribution >= 0.6 is 0 Å². The molecule has 0 saturated heterocycles. The highest BCUT2D eigenvalue weighted by atomic mass is 14.8. The summed E-state index contributed by atoms with van der Waals surface area (Å²) in [5.74, 6) is 0. The largest absolute Gasteiger partial charge is 0.353 e. The predicted octanol–water partition coefficient (Wildman–Crippen LogP) is 35.4. The molecule has 0 radical (unpaired) electrons. The lowest BCUT2D eigenvalue weighted by Gasteiger charge is -2.24. The van der Waals surface area contributed by atoms with Crippen LogP contribution < -0.4 is 0 Å². The van der Waals surface area contributed by atoms with Crippen LogP contribution in [0.4, 0.5) is 0 Å². The van der Waals surface area contributed by atoms with Gasteiger partial charge >= 0.3 is 0 Å². The third-order valence-corrected chi connectivity index (χ3v) is 29.0. The average molecular weight is 1660 g/mol. The SMILES string of the molecule is CC(C)(C)c1cc2c3[nH]c4c(cc(C(C)(C)C)cc4c3c1)-c1cc(C(C)(C)C)cc3c1[nH]c1c(cc(C(C)(C)C)cc13)-c1cc(C(C)(C)C)cc3c1[nH]c1c(cc(C(C)(C)C)cc13)-c1cc(C(C)(C)C)cc3c1[nH]c1c(cc(C(C)(C)C)cc13)-c1cc(C(C)(C)C)cc3c1[nH]c1c(cc(C(C)(C)C)cc13)-c1cc(C(C)(C)C)cc3c1[nH]c1c-2cc(C(C)(C)C)cc13. The van der Waals surface area contributed by atoms with Crippen LogP contribution in [-0.4, -0.2) is 29.9 Å². The van der Waals surface area contributed by atoms with Gasteiger partial charge in [-0.25, -0.2) is 0 Å². The Hall–Kier alpha value is -10.6. The molecule has 0 saturated carbocycles. The second-order valence-electron chi connectivity index (χ2n) is 51.1. The molecule has 6 aromatic heterocycles. The van der Waals surface area contributed by atoms with Crippen molar-refractivity contribution < 1.29 is 0 Å². The maximum absolute atomic E-state index is 4.47. The van der Waals surface area contributed by atoms with E-state index in [0.29, 0.717) is 0 Å². The van der Waals surface area contributed by atoms with E-state index < -0.39 is 0 Å². The van der Waals surface area contributed by atoms with E-state index >= 15 is 0 Å². The highest BCUT2D eigenvalue weighted by molar-refractivity contribution is 6.28. The minimum Gasteiger partial charge on any atom is -0.353 e. The molecule has 19 rings (SSSR count). The molecule has 6 nitrogen and oxygen atoms in total. The number of H-pyrrole nitrogens is 6. The van der Waals surface area contributed by atoms with Crippen molar-refractivity contribution in [2.75, 3.05) is 0 Å². The third-order valence-electron chi connectivity index (χ3n) is 29.0. The van der Waals surface area contributed by atoms with Crippen LogP contribution in [0.15, 0.2) is 146 Å². The van der Waals surface area contributed by atoms with Crippen LogP contribution in [0, 0.1) is 0 Å². The molecule has 1 aliphatic rings. The summed E-state index contributed by atoms with van der Waals surface area (Å²) in [6.07, 6.45) is 0. The van der Waals surface area contributed by atoms with Gasteiger partial charge in [-0.1, -0.05) is 249 Å². The predicted molar refractivity (Wildman–Crippen MR) is 553 cm³/mol. The molecule has 0 spiro atoms. The Bertz CT molecular complexity index is 6120. The average Bonchev–Trinajstić information content (AvgIpc) is 1.55. The Morgan fingerprint density at radius 3 is 0.222 bits per heavy atom. The Morgan fingerprint density at radius 2 is 0.167 bits per heavy atom. The van der Waals surface area contributed by atoms with E-state index in [2.05, 4.69) is 425 Å². The van der Waals surface area contributed by atoms with Gasteiger partial charge in [0.05, 0.1) is 66.2 Å². The van der Waals surface area contributed by atoms with E-state index in [4.69, 9.17) is 0 Å². The number of hydrogen-bond acceptors (Lipinski definition) is 0. The summed E-state index contributed by atoms with van der Waals surface area (Å²) < 4.78 is 0. The molecule has 0 fully saturated rings. The molecule has 18 aromatic rings. The summed E-state index contributed by atoms with van der Waals surface area (Å²) in [6.45, 7) is 86.4. The zero-order chi connectivity index (χ0) is 90.9. The molecule has 36 bridgehead atoms. The summed E-state index contributed by atoms with van der Waals surface area (Å²) in [6, 6.07) is 61.2. The lowest BCUT2D eigenvalue weighted by atomic mass is 9.80. The van der Waals surface area contributed by atoms with Crippen LogP contribution in [0.25, 0.3) is 198 Å². The zero-order valence-corrected chi connectivity index (χ0v) is 82.9. The van der Waals surface area contributed by atoms with E-state index in [1.807, 2.05) is 0 Å². The fraction of sp³-hybridized carbons (Fsp3) is 0.400. The summed E-state index contributed by atoms with van der Waals surface area (Å²) in [7, 11) is 0. The van der Waals surface area contributed by atoms with Gasteiger partial charge in [-0.15, -0.1) is 0 Å². The first-order valence-corrected chi connectivity index (χ1v) is 46.9. The Kier molecular flexibility index (Phi) is 17.9. The van der Waals surface area contributed by atoms with Gasteiger partial charge in [0.2, 0.25) is 0 Å². The quantitative estimate of drug-likeness (QED) is 0.0873. The monoisotopic (exact) mass is 1660 g/mol. The molecule has 126 heavy (non-hydrogen) atoms. The van der Waals surface area contributed by atoms with Gasteiger partial charge in [0.15, 0.2) is 0 Å². The highest BCUT2D eigenvalue weighted by Gasteiger charge is 2.36. The minimum absolute atomic E-state index is 0.222. The molecule has 0 amide bonds. The van der Waals surface area contributed by atoms with Gasteiger partial charge in [-0.2, -0.15) is 0 Å². The van der Waals surface area contributed by atoms with Crippen molar-refractivity contribution >= 4 is 131 Å². The van der Waals surface area contributed by atoms with Gasteiger partial charge in [0, 0.05) is 131 Å². The van der Waals surface area contributed by atoms with Crippen molar-refractivity contribution in [3.8, 4) is 66.8 Å². The van der Waals surface area contributed by atoms with Crippen LogP contribution in [0.1, 0.15) is 316 Å². The number of nitrogens with one attached hydrogen (secondary N) is 6. The lowest BCUT2D eigenvalue weighted by Crippen LogP contribution is -2.12. The summed E-state index contributed by atoms with van der Waals surface area (Å²) in [5, 5.41) is 14.8. The summed E-state index contributed by atoms with van der Waals surface area (Å²) in [5.41, 5.74) is 40.8. The molecule has 6 heteroatoms. The van der Waals surface area contributed by atoms with Gasteiger partial charge < -0.3 is 29.9 Å². The Labute approximate surface area is 749 Å². The second-order valence-corrected chi connectivity index (χ2v) is 51.1. The van der Waals surface area contributed by atoms with Crippen LogP contribution in [0.2, 0.25) is 0 Å². The lowest BCUT2D eigenvalue weighted by molar-refractivity contribution is 0.590. The Morgan fingerprint density at radius 1 is 0.103 bits per heavy atom. The summed E-state index contributed by atoms with van der Waals surface area (Å²) in [4.78, 5) is 26.8. The third kappa shape index (κ3) is 13.5. The van der Waals surface area contributed by atoms with Crippen molar-refractivity contribution in [2.24, 2.45) is 0 Å². The van der Waals surface area contributed by atoms with E-state index in [-0.39, 0.29) is 65.0 Å². The standard InChI is InChI=1S/C120H138N6/c1-109(2,3)61-37-73-74-38-62(110(4,5)6)51-87-88-52-65(113(13,14)15)41-77-78-42-67(115(19,20)21)55-91(103(78)123-101(77)88)92-56-69(117(25,26)27)45-81-82-46-71(119(31,32)33)59-95(107(82)125-105(81)92)96-60-72(120(34,35)36)48-84-83-47-70(118(28,29)30)58-94(106(83)126-108(84)96)93-57-68(116(22,23)24)44-80-79-43-66(114(16,17)18)54-90(102(79)124-104(80)93)89-53-64(112(10,11)12)40-76-75-39-63(111(7,8)9)50-86(99(75)122-100(76)89)85(49-61)97(73)121-98(74)87/h37-60,121-126H,1-36H3.